The monoisotopic (exact) mass is 419 g/mol. The average molecular weight is 420 g/mol. The smallest absolute Gasteiger partial charge is 0.410 e. The van der Waals surface area contributed by atoms with Gasteiger partial charge in [-0.15, -0.1) is 0 Å². The van der Waals surface area contributed by atoms with Crippen LogP contribution in [-0.2, 0) is 27.3 Å². The Hall–Kier alpha value is -2.08. The first-order valence-corrected chi connectivity index (χ1v) is 10.6. The van der Waals surface area contributed by atoms with E-state index in [0.717, 1.165) is 11.1 Å². The Labute approximate surface area is 180 Å². The lowest BCUT2D eigenvalue weighted by Gasteiger charge is -2.36. The number of esters is 1. The van der Waals surface area contributed by atoms with Crippen molar-refractivity contribution in [1.82, 2.24) is 4.90 Å². The Bertz CT molecular complexity index is 762. The van der Waals surface area contributed by atoms with Crippen molar-refractivity contribution in [3.8, 4) is 0 Å². The van der Waals surface area contributed by atoms with Crippen molar-refractivity contribution < 1.29 is 24.2 Å². The van der Waals surface area contributed by atoms with E-state index in [4.69, 9.17) is 9.47 Å². The number of likely N-dealkylation sites (tertiary alicyclic amines) is 1. The summed E-state index contributed by atoms with van der Waals surface area (Å²) >= 11 is 0. The first kappa shape index (κ1) is 24.2. The summed E-state index contributed by atoms with van der Waals surface area (Å²) in [6.07, 6.45) is 0.830. The number of rotatable bonds is 5. The van der Waals surface area contributed by atoms with Crippen LogP contribution < -0.4 is 0 Å². The number of carbonyl (C=O) groups is 2. The fourth-order valence-electron chi connectivity index (χ4n) is 3.81. The zero-order valence-corrected chi connectivity index (χ0v) is 19.4. The predicted octanol–water partition coefficient (Wildman–Crippen LogP) is 4.33. The van der Waals surface area contributed by atoms with Crippen LogP contribution in [0.1, 0.15) is 66.0 Å². The van der Waals surface area contributed by atoms with Gasteiger partial charge < -0.3 is 19.5 Å². The number of carbonyl (C=O) groups excluding carboxylic acids is 2. The third kappa shape index (κ3) is 6.46. The Morgan fingerprint density at radius 1 is 1.03 bits per heavy atom. The zero-order valence-electron chi connectivity index (χ0n) is 19.4. The van der Waals surface area contributed by atoms with Crippen LogP contribution in [-0.4, -0.2) is 46.4 Å². The maximum Gasteiger partial charge on any atom is 0.410 e. The first-order valence-electron chi connectivity index (χ1n) is 10.6. The summed E-state index contributed by atoms with van der Waals surface area (Å²) in [4.78, 5) is 27.5. The summed E-state index contributed by atoms with van der Waals surface area (Å²) in [5.41, 5.74) is -0.201. The minimum Gasteiger partial charge on any atom is -0.460 e. The summed E-state index contributed by atoms with van der Waals surface area (Å²) in [5.74, 6) is -0.321. The lowest BCUT2D eigenvalue weighted by molar-refractivity contribution is -0.170. The lowest BCUT2D eigenvalue weighted by Crippen LogP contribution is -2.44. The van der Waals surface area contributed by atoms with Gasteiger partial charge in [-0.3, -0.25) is 4.79 Å². The molecule has 0 aromatic heterocycles. The summed E-state index contributed by atoms with van der Waals surface area (Å²) in [6.45, 7) is 14.0. The van der Waals surface area contributed by atoms with Crippen molar-refractivity contribution >= 4 is 12.1 Å². The molecular weight excluding hydrogens is 382 g/mol. The van der Waals surface area contributed by atoms with Gasteiger partial charge in [0.05, 0.1) is 12.0 Å². The number of aliphatic hydroxyl groups excluding tert-OH is 1. The van der Waals surface area contributed by atoms with Crippen molar-refractivity contribution in [2.45, 2.75) is 79.1 Å². The Balaban J connectivity index is 2.27. The van der Waals surface area contributed by atoms with Crippen LogP contribution in [0.5, 0.6) is 0 Å². The highest BCUT2D eigenvalue weighted by Crippen LogP contribution is 2.40. The van der Waals surface area contributed by atoms with Gasteiger partial charge in [0.2, 0.25) is 0 Å². The molecule has 0 spiro atoms. The molecule has 2 rings (SSSR count). The van der Waals surface area contributed by atoms with E-state index < -0.39 is 16.6 Å². The minimum atomic E-state index is -0.807. The number of aliphatic hydroxyl groups is 1. The van der Waals surface area contributed by atoms with E-state index in [9.17, 15) is 14.7 Å². The second-order valence-electron chi connectivity index (χ2n) is 10.5. The van der Waals surface area contributed by atoms with E-state index >= 15 is 0 Å². The highest BCUT2D eigenvalue weighted by molar-refractivity contribution is 5.78. The van der Waals surface area contributed by atoms with Crippen molar-refractivity contribution in [1.29, 1.82) is 0 Å². The van der Waals surface area contributed by atoms with E-state index in [1.54, 1.807) is 4.90 Å². The van der Waals surface area contributed by atoms with E-state index in [2.05, 4.69) is 0 Å². The average Bonchev–Trinajstić information content (AvgIpc) is 3.09. The number of ether oxygens (including phenoxy) is 2. The molecule has 1 N–H and O–H groups in total. The second kappa shape index (κ2) is 8.96. The summed E-state index contributed by atoms with van der Waals surface area (Å²) in [7, 11) is 0. The van der Waals surface area contributed by atoms with Gasteiger partial charge >= 0.3 is 12.1 Å². The molecule has 1 unspecified atom stereocenters. The van der Waals surface area contributed by atoms with Gasteiger partial charge in [0.25, 0.3) is 0 Å². The lowest BCUT2D eigenvalue weighted by atomic mass is 9.72. The molecule has 2 atom stereocenters. The van der Waals surface area contributed by atoms with Gasteiger partial charge in [0, 0.05) is 13.1 Å². The van der Waals surface area contributed by atoms with Gasteiger partial charge in [0.15, 0.2) is 0 Å². The van der Waals surface area contributed by atoms with Gasteiger partial charge in [-0.2, -0.15) is 0 Å². The zero-order chi connectivity index (χ0) is 22.7. The van der Waals surface area contributed by atoms with E-state index in [1.807, 2.05) is 72.7 Å². The molecule has 6 heteroatoms. The molecule has 1 aromatic carbocycles. The van der Waals surface area contributed by atoms with Crippen LogP contribution >= 0.6 is 0 Å². The molecule has 30 heavy (non-hydrogen) atoms. The molecule has 0 radical (unpaired) electrons. The van der Waals surface area contributed by atoms with Crippen molar-refractivity contribution in [2.75, 3.05) is 13.1 Å². The maximum absolute atomic E-state index is 13.3. The van der Waals surface area contributed by atoms with Crippen molar-refractivity contribution in [3.63, 3.8) is 0 Å². The van der Waals surface area contributed by atoms with Gasteiger partial charge in [-0.05, 0) is 78.4 Å². The number of nitrogens with zero attached hydrogens (tertiary/aromatic N) is 1. The summed E-state index contributed by atoms with van der Waals surface area (Å²) in [6, 6.07) is 7.62. The van der Waals surface area contributed by atoms with Crippen molar-refractivity contribution in [3.05, 3.63) is 35.4 Å². The minimum absolute atomic E-state index is 0.0488. The summed E-state index contributed by atoms with van der Waals surface area (Å²) in [5, 5.41) is 9.47. The largest absolute Gasteiger partial charge is 0.460 e. The van der Waals surface area contributed by atoms with E-state index in [0.29, 0.717) is 25.9 Å². The van der Waals surface area contributed by atoms with E-state index in [1.165, 1.54) is 0 Å². The van der Waals surface area contributed by atoms with Crippen molar-refractivity contribution in [2.24, 2.45) is 11.3 Å². The first-order chi connectivity index (χ1) is 13.7. The summed E-state index contributed by atoms with van der Waals surface area (Å²) < 4.78 is 11.3. The third-order valence-electron chi connectivity index (χ3n) is 5.35. The van der Waals surface area contributed by atoms with Gasteiger partial charge in [-0.25, -0.2) is 4.79 Å². The standard InChI is InChI=1S/C24H37NO5/c1-22(2,3)29-20(27)24(7,14-17-9-8-10-18(13-17)16-26)19-11-12-25(15-19)21(28)30-23(4,5)6/h8-10,13,19,26H,11-12,14-16H2,1-7H3/t19-,24?/m0/s1. The van der Waals surface area contributed by atoms with Crippen LogP contribution in [0.4, 0.5) is 4.79 Å². The maximum atomic E-state index is 13.3. The fraction of sp³-hybridized carbons (Fsp3) is 0.667. The molecule has 1 aliphatic rings. The molecule has 6 nitrogen and oxygen atoms in total. The van der Waals surface area contributed by atoms with Crippen LogP contribution in [0, 0.1) is 11.3 Å². The molecule has 1 aliphatic heterocycles. The van der Waals surface area contributed by atoms with Crippen LogP contribution in [0.15, 0.2) is 24.3 Å². The molecule has 0 saturated carbocycles. The Morgan fingerprint density at radius 3 is 2.20 bits per heavy atom. The molecule has 168 valence electrons. The molecular formula is C24H37NO5. The molecule has 1 aromatic rings. The normalized spacial score (nSPS) is 19.3. The van der Waals surface area contributed by atoms with Gasteiger partial charge in [0.1, 0.15) is 11.2 Å². The SMILES string of the molecule is CC(C)(C)OC(=O)N1CC[C@H](C(C)(Cc2cccc(CO)c2)C(=O)OC(C)(C)C)C1. The Kier molecular flexibility index (Phi) is 7.23. The molecule has 0 bridgehead atoms. The number of benzene rings is 1. The molecule has 0 aliphatic carbocycles. The molecule has 1 amide bonds. The van der Waals surface area contributed by atoms with E-state index in [-0.39, 0.29) is 24.6 Å². The number of hydrogen-bond acceptors (Lipinski definition) is 5. The Morgan fingerprint density at radius 2 is 1.63 bits per heavy atom. The molecule has 1 fully saturated rings. The number of amides is 1. The van der Waals surface area contributed by atoms with Crippen LogP contribution in [0.25, 0.3) is 0 Å². The third-order valence-corrected chi connectivity index (χ3v) is 5.35. The topological polar surface area (TPSA) is 76.1 Å². The second-order valence-corrected chi connectivity index (χ2v) is 10.5. The van der Waals surface area contributed by atoms with Gasteiger partial charge in [-0.1, -0.05) is 24.3 Å². The quantitative estimate of drug-likeness (QED) is 0.719. The molecule has 1 heterocycles. The number of hydrogen-bond donors (Lipinski definition) is 1. The van der Waals surface area contributed by atoms with Crippen LogP contribution in [0.2, 0.25) is 0 Å². The molecule has 1 saturated heterocycles. The fourth-order valence-corrected chi connectivity index (χ4v) is 3.81. The van der Waals surface area contributed by atoms with Crippen LogP contribution in [0.3, 0.4) is 0 Å². The highest BCUT2D eigenvalue weighted by atomic mass is 16.6. The highest BCUT2D eigenvalue weighted by Gasteiger charge is 2.47. The predicted molar refractivity (Wildman–Crippen MR) is 116 cm³/mol.